The summed E-state index contributed by atoms with van der Waals surface area (Å²) in [5, 5.41) is 0. The zero-order valence-electron chi connectivity index (χ0n) is 7.30. The molecule has 14 heavy (non-hydrogen) atoms. The molecule has 0 bridgehead atoms. The Hall–Kier alpha value is -1.15. The Morgan fingerprint density at radius 2 is 1.57 bits per heavy atom. The van der Waals surface area contributed by atoms with Crippen LogP contribution in [0, 0.1) is 11.9 Å². The molecule has 0 aromatic heterocycles. The molecule has 0 heterocycles. The second kappa shape index (κ2) is 3.93. The van der Waals surface area contributed by atoms with Crippen molar-refractivity contribution in [3.05, 3.63) is 58.8 Å². The van der Waals surface area contributed by atoms with E-state index >= 15 is 0 Å². The third-order valence-corrected chi connectivity index (χ3v) is 2.48. The zero-order chi connectivity index (χ0) is 9.97. The number of benzene rings is 2. The predicted octanol–water partition coefficient (Wildman–Crippen LogP) is 4.06. The fourth-order valence-corrected chi connectivity index (χ4v) is 1.49. The first-order valence-corrected chi connectivity index (χ1v) is 4.98. The number of halogens is 2. The molecule has 0 unspecified atom stereocenters. The van der Waals surface area contributed by atoms with Gasteiger partial charge in [0.15, 0.2) is 0 Å². The van der Waals surface area contributed by atoms with E-state index in [9.17, 15) is 4.39 Å². The summed E-state index contributed by atoms with van der Waals surface area (Å²) in [5.74, 6) is -0.328. The van der Waals surface area contributed by atoms with Gasteiger partial charge in [-0.05, 0) is 35.4 Å². The van der Waals surface area contributed by atoms with Crippen molar-refractivity contribution in [3.8, 4) is 11.1 Å². The van der Waals surface area contributed by atoms with Crippen LogP contribution < -0.4 is 0 Å². The van der Waals surface area contributed by atoms with Crippen molar-refractivity contribution in [3.63, 3.8) is 0 Å². The number of rotatable bonds is 1. The van der Waals surface area contributed by atoms with Crippen LogP contribution in [0.4, 0.5) is 4.39 Å². The summed E-state index contributed by atoms with van der Waals surface area (Å²) >= 11 is 3.36. The SMILES string of the molecule is Fc1[c]cc(-c2ccc(Br)cc2)cc1. The van der Waals surface area contributed by atoms with Gasteiger partial charge in [-0.25, -0.2) is 4.39 Å². The van der Waals surface area contributed by atoms with Gasteiger partial charge in [0, 0.05) is 10.5 Å². The van der Waals surface area contributed by atoms with Gasteiger partial charge in [0.1, 0.15) is 5.82 Å². The largest absolute Gasteiger partial charge is 0.206 e. The highest BCUT2D eigenvalue weighted by molar-refractivity contribution is 9.10. The van der Waals surface area contributed by atoms with Gasteiger partial charge in [-0.3, -0.25) is 0 Å². The average molecular weight is 250 g/mol. The highest BCUT2D eigenvalue weighted by atomic mass is 79.9. The molecule has 0 saturated heterocycles. The first-order chi connectivity index (χ1) is 6.75. The van der Waals surface area contributed by atoms with Gasteiger partial charge < -0.3 is 0 Å². The standard InChI is InChI=1S/C12H7BrF/c13-11-5-1-9(2-6-11)10-3-7-12(14)8-4-10/h1-7H. The van der Waals surface area contributed by atoms with E-state index in [1.165, 1.54) is 6.07 Å². The van der Waals surface area contributed by atoms with Crippen LogP contribution in [0.1, 0.15) is 0 Å². The fraction of sp³-hybridized carbons (Fsp3) is 0. The lowest BCUT2D eigenvalue weighted by Gasteiger charge is -2.00. The van der Waals surface area contributed by atoms with Crippen molar-refractivity contribution in [2.45, 2.75) is 0 Å². The fourth-order valence-electron chi connectivity index (χ4n) is 1.23. The Morgan fingerprint density at radius 3 is 2.14 bits per heavy atom. The van der Waals surface area contributed by atoms with E-state index in [2.05, 4.69) is 22.0 Å². The lowest BCUT2D eigenvalue weighted by molar-refractivity contribution is 0.626. The van der Waals surface area contributed by atoms with Crippen molar-refractivity contribution >= 4 is 15.9 Å². The molecule has 0 amide bonds. The second-order valence-electron chi connectivity index (χ2n) is 2.93. The van der Waals surface area contributed by atoms with Crippen molar-refractivity contribution < 1.29 is 4.39 Å². The van der Waals surface area contributed by atoms with Crippen LogP contribution in [0.3, 0.4) is 0 Å². The molecule has 0 aliphatic rings. The van der Waals surface area contributed by atoms with Crippen LogP contribution in [0.5, 0.6) is 0 Å². The molecule has 2 aromatic rings. The molecule has 0 atom stereocenters. The molecule has 0 nitrogen and oxygen atoms in total. The molecule has 0 spiro atoms. The first kappa shape index (κ1) is 9.41. The second-order valence-corrected chi connectivity index (χ2v) is 3.85. The Bertz CT molecular complexity index is 374. The van der Waals surface area contributed by atoms with Crippen LogP contribution in [0.15, 0.2) is 46.9 Å². The van der Waals surface area contributed by atoms with Gasteiger partial charge in [0.25, 0.3) is 0 Å². The van der Waals surface area contributed by atoms with Crippen LogP contribution in [-0.4, -0.2) is 0 Å². The van der Waals surface area contributed by atoms with Gasteiger partial charge in [-0.1, -0.05) is 34.1 Å². The van der Waals surface area contributed by atoms with Crippen molar-refractivity contribution in [1.29, 1.82) is 0 Å². The molecular formula is C12H7BrF. The predicted molar refractivity (Wildman–Crippen MR) is 58.4 cm³/mol. The maximum absolute atomic E-state index is 12.6. The first-order valence-electron chi connectivity index (χ1n) is 4.19. The maximum Gasteiger partial charge on any atom is 0.131 e. The van der Waals surface area contributed by atoms with Crippen molar-refractivity contribution in [2.75, 3.05) is 0 Å². The zero-order valence-corrected chi connectivity index (χ0v) is 8.88. The number of hydrogen-bond donors (Lipinski definition) is 0. The number of hydrogen-bond acceptors (Lipinski definition) is 0. The van der Waals surface area contributed by atoms with E-state index in [1.807, 2.05) is 24.3 Å². The lowest BCUT2D eigenvalue weighted by Crippen LogP contribution is -1.78. The van der Waals surface area contributed by atoms with Crippen molar-refractivity contribution in [1.82, 2.24) is 0 Å². The van der Waals surface area contributed by atoms with Gasteiger partial charge in [0.05, 0.1) is 0 Å². The Balaban J connectivity index is 2.40. The molecular weight excluding hydrogens is 243 g/mol. The third kappa shape index (κ3) is 2.02. The molecule has 69 valence electrons. The topological polar surface area (TPSA) is 0 Å². The minimum absolute atomic E-state index is 0.328. The smallest absolute Gasteiger partial charge is 0.131 e. The van der Waals surface area contributed by atoms with Crippen LogP contribution in [0.2, 0.25) is 0 Å². The van der Waals surface area contributed by atoms with E-state index in [4.69, 9.17) is 0 Å². The van der Waals surface area contributed by atoms with E-state index in [1.54, 1.807) is 12.1 Å². The van der Waals surface area contributed by atoms with Gasteiger partial charge in [-0.2, -0.15) is 0 Å². The minimum atomic E-state index is -0.328. The maximum atomic E-state index is 12.6. The molecule has 0 fully saturated rings. The molecule has 2 rings (SSSR count). The minimum Gasteiger partial charge on any atom is -0.206 e. The Kier molecular flexibility index (Phi) is 2.64. The molecule has 0 N–H and O–H groups in total. The van der Waals surface area contributed by atoms with E-state index in [0.29, 0.717) is 0 Å². The van der Waals surface area contributed by atoms with Crippen molar-refractivity contribution in [2.24, 2.45) is 0 Å². The Labute approximate surface area is 90.5 Å². The molecule has 2 aromatic carbocycles. The molecule has 0 aliphatic heterocycles. The summed E-state index contributed by atoms with van der Waals surface area (Å²) in [6.45, 7) is 0. The summed E-state index contributed by atoms with van der Waals surface area (Å²) in [5.41, 5.74) is 2.03. The van der Waals surface area contributed by atoms with E-state index < -0.39 is 0 Å². The summed E-state index contributed by atoms with van der Waals surface area (Å²) in [7, 11) is 0. The monoisotopic (exact) mass is 249 g/mol. The van der Waals surface area contributed by atoms with Crippen LogP contribution in [0.25, 0.3) is 11.1 Å². The van der Waals surface area contributed by atoms with Crippen LogP contribution >= 0.6 is 15.9 Å². The third-order valence-electron chi connectivity index (χ3n) is 1.95. The normalized spacial score (nSPS) is 10.1. The highest BCUT2D eigenvalue weighted by Crippen LogP contribution is 2.21. The highest BCUT2D eigenvalue weighted by Gasteiger charge is 1.97. The summed E-state index contributed by atoms with van der Waals surface area (Å²) in [6, 6.07) is 15.2. The molecule has 1 radical (unpaired) electrons. The lowest BCUT2D eigenvalue weighted by atomic mass is 10.1. The van der Waals surface area contributed by atoms with E-state index in [0.717, 1.165) is 15.6 Å². The van der Waals surface area contributed by atoms with E-state index in [-0.39, 0.29) is 5.82 Å². The van der Waals surface area contributed by atoms with Gasteiger partial charge in [-0.15, -0.1) is 0 Å². The average Bonchev–Trinajstić information content (AvgIpc) is 2.21. The Morgan fingerprint density at radius 1 is 0.929 bits per heavy atom. The molecule has 0 aliphatic carbocycles. The molecule has 0 saturated carbocycles. The quantitative estimate of drug-likeness (QED) is 0.716. The van der Waals surface area contributed by atoms with Gasteiger partial charge in [0.2, 0.25) is 0 Å². The summed E-state index contributed by atoms with van der Waals surface area (Å²) in [6.07, 6.45) is 0. The molecule has 2 heteroatoms. The van der Waals surface area contributed by atoms with Crippen LogP contribution in [-0.2, 0) is 0 Å². The summed E-state index contributed by atoms with van der Waals surface area (Å²) < 4.78 is 13.6. The summed E-state index contributed by atoms with van der Waals surface area (Å²) in [4.78, 5) is 0. The van der Waals surface area contributed by atoms with Gasteiger partial charge >= 0.3 is 0 Å².